The Morgan fingerprint density at radius 3 is 3.07 bits per heavy atom. The molecule has 0 atom stereocenters. The molecule has 0 radical (unpaired) electrons. The molecule has 0 bridgehead atoms. The van der Waals surface area contributed by atoms with Gasteiger partial charge in [-0.05, 0) is 18.4 Å². The van der Waals surface area contributed by atoms with E-state index in [-0.39, 0.29) is 0 Å². The predicted octanol–water partition coefficient (Wildman–Crippen LogP) is 2.52. The fourth-order valence-electron chi connectivity index (χ4n) is 1.71. The molecule has 0 saturated heterocycles. The number of hydrogen-bond acceptors (Lipinski definition) is 3. The second kappa shape index (κ2) is 4.79. The van der Waals surface area contributed by atoms with Crippen LogP contribution in [0.2, 0.25) is 0 Å². The number of aromatic nitrogens is 1. The smallest absolute Gasteiger partial charge is 0.140 e. The van der Waals surface area contributed by atoms with Crippen molar-refractivity contribution in [1.82, 2.24) is 4.98 Å². The van der Waals surface area contributed by atoms with E-state index >= 15 is 0 Å². The van der Waals surface area contributed by atoms with Crippen molar-refractivity contribution in [2.75, 3.05) is 6.61 Å². The van der Waals surface area contributed by atoms with Gasteiger partial charge in [-0.2, -0.15) is 5.26 Å². The first-order chi connectivity index (χ1) is 7.40. The summed E-state index contributed by atoms with van der Waals surface area (Å²) in [6.07, 6.45) is 8.34. The van der Waals surface area contributed by atoms with Crippen molar-refractivity contribution in [1.29, 1.82) is 5.26 Å². The van der Waals surface area contributed by atoms with E-state index in [0.29, 0.717) is 17.9 Å². The van der Waals surface area contributed by atoms with Gasteiger partial charge >= 0.3 is 0 Å². The van der Waals surface area contributed by atoms with E-state index in [9.17, 15) is 0 Å². The average molecular weight is 202 g/mol. The molecule has 3 heteroatoms. The second-order valence-corrected chi connectivity index (χ2v) is 3.92. The van der Waals surface area contributed by atoms with Gasteiger partial charge in [-0.25, -0.2) is 0 Å². The van der Waals surface area contributed by atoms with Crippen LogP contribution in [0.25, 0.3) is 0 Å². The monoisotopic (exact) mass is 202 g/mol. The van der Waals surface area contributed by atoms with Crippen LogP contribution in [-0.2, 0) is 0 Å². The van der Waals surface area contributed by atoms with Gasteiger partial charge < -0.3 is 4.74 Å². The lowest BCUT2D eigenvalue weighted by Gasteiger charge is -2.25. The van der Waals surface area contributed by atoms with E-state index in [0.717, 1.165) is 12.3 Å². The normalized spacial score (nSPS) is 15.4. The number of pyridine rings is 1. The molecule has 1 aromatic heterocycles. The molecule has 2 rings (SSSR count). The molecule has 15 heavy (non-hydrogen) atoms. The summed E-state index contributed by atoms with van der Waals surface area (Å²) in [5.41, 5.74) is 0.520. The van der Waals surface area contributed by atoms with Crippen LogP contribution < -0.4 is 4.74 Å². The van der Waals surface area contributed by atoms with Crippen LogP contribution in [-0.4, -0.2) is 11.6 Å². The van der Waals surface area contributed by atoms with Crippen molar-refractivity contribution in [3.8, 4) is 11.8 Å². The summed E-state index contributed by atoms with van der Waals surface area (Å²) in [4.78, 5) is 3.88. The first-order valence-electron chi connectivity index (χ1n) is 5.37. The highest BCUT2D eigenvalue weighted by atomic mass is 16.5. The van der Waals surface area contributed by atoms with Gasteiger partial charge in [0.2, 0.25) is 0 Å². The third-order valence-electron chi connectivity index (χ3n) is 2.91. The highest BCUT2D eigenvalue weighted by Crippen LogP contribution is 2.29. The number of nitriles is 1. The minimum atomic E-state index is 0.520. The van der Waals surface area contributed by atoms with Gasteiger partial charge in [-0.15, -0.1) is 0 Å². The molecule has 0 aliphatic heterocycles. The van der Waals surface area contributed by atoms with Gasteiger partial charge in [0.15, 0.2) is 0 Å². The third-order valence-corrected chi connectivity index (χ3v) is 2.91. The molecule has 1 saturated carbocycles. The fourth-order valence-corrected chi connectivity index (χ4v) is 1.71. The van der Waals surface area contributed by atoms with Crippen molar-refractivity contribution in [2.45, 2.75) is 25.7 Å². The average Bonchev–Trinajstić information content (AvgIpc) is 2.22. The lowest BCUT2D eigenvalue weighted by Crippen LogP contribution is -2.14. The lowest BCUT2D eigenvalue weighted by atomic mass is 9.83. The highest BCUT2D eigenvalue weighted by Gasteiger charge is 2.17. The number of rotatable bonds is 4. The summed E-state index contributed by atoms with van der Waals surface area (Å²) in [6.45, 7) is 0.712. The zero-order valence-electron chi connectivity index (χ0n) is 8.65. The standard InChI is InChI=1S/C12H14N2O/c13-8-11-9-14-6-4-12(11)15-7-5-10-2-1-3-10/h4,6,9-10H,1-3,5,7H2. The Morgan fingerprint density at radius 1 is 1.53 bits per heavy atom. The maximum absolute atomic E-state index is 8.81. The summed E-state index contributed by atoms with van der Waals surface area (Å²) in [5, 5.41) is 8.81. The molecule has 0 amide bonds. The molecule has 1 aliphatic rings. The summed E-state index contributed by atoms with van der Waals surface area (Å²) in [5.74, 6) is 1.50. The molecular formula is C12H14N2O. The maximum atomic E-state index is 8.81. The minimum absolute atomic E-state index is 0.520. The van der Waals surface area contributed by atoms with Crippen molar-refractivity contribution in [3.63, 3.8) is 0 Å². The highest BCUT2D eigenvalue weighted by molar-refractivity contribution is 5.39. The van der Waals surface area contributed by atoms with Crippen molar-refractivity contribution < 1.29 is 4.74 Å². The molecule has 0 aromatic carbocycles. The summed E-state index contributed by atoms with van der Waals surface area (Å²) in [7, 11) is 0. The molecular weight excluding hydrogens is 188 g/mol. The molecule has 1 fully saturated rings. The molecule has 78 valence electrons. The Morgan fingerprint density at radius 2 is 2.40 bits per heavy atom. The van der Waals surface area contributed by atoms with Crippen LogP contribution in [0.5, 0.6) is 5.75 Å². The van der Waals surface area contributed by atoms with Gasteiger partial charge in [0.25, 0.3) is 0 Å². The van der Waals surface area contributed by atoms with Crippen LogP contribution in [0.15, 0.2) is 18.5 Å². The van der Waals surface area contributed by atoms with Crippen molar-refractivity contribution in [2.24, 2.45) is 5.92 Å². The first-order valence-corrected chi connectivity index (χ1v) is 5.37. The molecule has 3 nitrogen and oxygen atoms in total. The first kappa shape index (κ1) is 9.97. The number of ether oxygens (including phenoxy) is 1. The third kappa shape index (κ3) is 2.47. The Bertz CT molecular complexity index is 366. The van der Waals surface area contributed by atoms with E-state index in [2.05, 4.69) is 11.1 Å². The Balaban J connectivity index is 1.84. The van der Waals surface area contributed by atoms with E-state index in [1.54, 1.807) is 18.5 Å². The molecule has 1 heterocycles. The van der Waals surface area contributed by atoms with E-state index in [4.69, 9.17) is 10.00 Å². The minimum Gasteiger partial charge on any atom is -0.492 e. The van der Waals surface area contributed by atoms with Crippen molar-refractivity contribution >= 4 is 0 Å². The maximum Gasteiger partial charge on any atom is 0.140 e. The predicted molar refractivity (Wildman–Crippen MR) is 56.4 cm³/mol. The van der Waals surface area contributed by atoms with Crippen LogP contribution in [0.4, 0.5) is 0 Å². The van der Waals surface area contributed by atoms with Gasteiger partial charge in [0.05, 0.1) is 6.61 Å². The zero-order valence-corrected chi connectivity index (χ0v) is 8.65. The number of hydrogen-bond donors (Lipinski definition) is 0. The van der Waals surface area contributed by atoms with Crippen LogP contribution in [0, 0.1) is 17.2 Å². The van der Waals surface area contributed by atoms with E-state index < -0.39 is 0 Å². The molecule has 1 aliphatic carbocycles. The summed E-state index contributed by atoms with van der Waals surface area (Å²) in [6, 6.07) is 3.82. The van der Waals surface area contributed by atoms with E-state index in [1.807, 2.05) is 0 Å². The summed E-state index contributed by atoms with van der Waals surface area (Å²) >= 11 is 0. The quantitative estimate of drug-likeness (QED) is 0.753. The molecule has 0 spiro atoms. The zero-order chi connectivity index (χ0) is 10.5. The largest absolute Gasteiger partial charge is 0.492 e. The topological polar surface area (TPSA) is 45.9 Å². The Kier molecular flexibility index (Phi) is 3.18. The SMILES string of the molecule is N#Cc1cnccc1OCCC1CCC1. The van der Waals surface area contributed by atoms with Crippen LogP contribution in [0.3, 0.4) is 0 Å². The Labute approximate surface area is 89.7 Å². The second-order valence-electron chi connectivity index (χ2n) is 3.92. The molecule has 1 aromatic rings. The van der Waals surface area contributed by atoms with Gasteiger partial charge in [0.1, 0.15) is 17.4 Å². The molecule has 0 unspecified atom stereocenters. The molecule has 0 N–H and O–H groups in total. The van der Waals surface area contributed by atoms with E-state index in [1.165, 1.54) is 19.3 Å². The number of nitrogens with zero attached hydrogens (tertiary/aromatic N) is 2. The fraction of sp³-hybridized carbons (Fsp3) is 0.500. The summed E-state index contributed by atoms with van der Waals surface area (Å²) < 4.78 is 5.57. The van der Waals surface area contributed by atoms with Gasteiger partial charge in [-0.1, -0.05) is 19.3 Å². The van der Waals surface area contributed by atoms with Crippen LogP contribution >= 0.6 is 0 Å². The van der Waals surface area contributed by atoms with Gasteiger partial charge in [0, 0.05) is 12.4 Å². The van der Waals surface area contributed by atoms with Gasteiger partial charge in [-0.3, -0.25) is 4.98 Å². The van der Waals surface area contributed by atoms with Crippen LogP contribution in [0.1, 0.15) is 31.2 Å². The van der Waals surface area contributed by atoms with Crippen molar-refractivity contribution in [3.05, 3.63) is 24.0 Å². The Hall–Kier alpha value is -1.56. The lowest BCUT2D eigenvalue weighted by molar-refractivity contribution is 0.221.